The number of ether oxygens (including phenoxy) is 3. The van der Waals surface area contributed by atoms with Gasteiger partial charge in [-0.1, -0.05) is 51.1 Å². The summed E-state index contributed by atoms with van der Waals surface area (Å²) in [6, 6.07) is 14.2. The summed E-state index contributed by atoms with van der Waals surface area (Å²) in [4.78, 5) is 33.0. The highest BCUT2D eigenvalue weighted by Gasteiger charge is 2.60. The van der Waals surface area contributed by atoms with Crippen molar-refractivity contribution >= 4 is 34.9 Å². The number of rotatable bonds is 12. The Labute approximate surface area is 269 Å². The number of nitrogens with zero attached hydrogens (tertiary/aromatic N) is 2. The molecule has 3 unspecified atom stereocenters. The van der Waals surface area contributed by atoms with Crippen molar-refractivity contribution in [3.05, 3.63) is 54.1 Å². The lowest BCUT2D eigenvalue weighted by atomic mass is 9.88. The average molecular weight is 636 g/mol. The van der Waals surface area contributed by atoms with E-state index in [1.807, 2.05) is 30.3 Å². The molecule has 12 heteroatoms. The quantitative estimate of drug-likeness (QED) is 0.222. The van der Waals surface area contributed by atoms with E-state index in [1.54, 1.807) is 30.1 Å². The van der Waals surface area contributed by atoms with Crippen molar-refractivity contribution in [3.63, 3.8) is 0 Å². The monoisotopic (exact) mass is 635 g/mol. The summed E-state index contributed by atoms with van der Waals surface area (Å²) >= 11 is 0. The van der Waals surface area contributed by atoms with Crippen molar-refractivity contribution in [2.45, 2.75) is 58.2 Å². The molecule has 2 bridgehead atoms. The number of nitrogens with one attached hydrogen (secondary N) is 3. The lowest BCUT2D eigenvalue weighted by molar-refractivity contribution is -0.183. The largest absolute Gasteiger partial charge is 0.445 e. The Morgan fingerprint density at radius 2 is 1.87 bits per heavy atom. The second-order valence-corrected chi connectivity index (χ2v) is 13.2. The molecule has 4 N–H and O–H groups in total. The molecular weight excluding hydrogens is 590 g/mol. The summed E-state index contributed by atoms with van der Waals surface area (Å²) in [6.45, 7) is 7.77. The summed E-state index contributed by atoms with van der Waals surface area (Å²) in [5.74, 6) is 1.08. The Bertz CT molecular complexity index is 1500. The maximum Gasteiger partial charge on any atom is 0.407 e. The molecule has 6 rings (SSSR count). The van der Waals surface area contributed by atoms with Crippen LogP contribution in [-0.2, 0) is 20.6 Å². The number of aliphatic hydroxyl groups excluding tert-OH is 1. The minimum absolute atomic E-state index is 0.00356. The fraction of sp³-hybridized carbons (Fsp3) is 0.559. The van der Waals surface area contributed by atoms with Gasteiger partial charge in [0.2, 0.25) is 0 Å². The zero-order valence-electron chi connectivity index (χ0n) is 26.8. The van der Waals surface area contributed by atoms with Crippen LogP contribution in [0.25, 0.3) is 11.1 Å². The average Bonchev–Trinajstić information content (AvgIpc) is 3.69. The van der Waals surface area contributed by atoms with E-state index in [-0.39, 0.29) is 42.7 Å². The number of carbonyl (C=O) groups excluding carboxylic acids is 2. The van der Waals surface area contributed by atoms with Gasteiger partial charge in [0.1, 0.15) is 11.6 Å². The van der Waals surface area contributed by atoms with Crippen molar-refractivity contribution in [2.24, 2.45) is 29.6 Å². The first kappa shape index (κ1) is 32.1. The molecule has 1 aromatic heterocycles. The van der Waals surface area contributed by atoms with E-state index in [4.69, 9.17) is 18.6 Å². The smallest absolute Gasteiger partial charge is 0.407 e. The highest BCUT2D eigenvalue weighted by molar-refractivity contribution is 5.92. The molecule has 2 saturated heterocycles. The van der Waals surface area contributed by atoms with E-state index in [2.05, 4.69) is 41.7 Å². The minimum Gasteiger partial charge on any atom is -0.445 e. The number of hydrogen-bond donors (Lipinski definition) is 4. The molecule has 3 aromatic rings. The molecule has 0 spiro atoms. The van der Waals surface area contributed by atoms with E-state index in [0.717, 1.165) is 12.0 Å². The Balaban J connectivity index is 1.16. The molecule has 46 heavy (non-hydrogen) atoms. The standard InChI is InChI=1S/C34H45N5O7/c1-19(2)12-13-39(33(41)36-22-10-11-28-26(15-22)37-32(35-4)45-28)16-27(40)25(14-21-8-6-5-7-9-21)38-34(42)46-30-23-17-43-31-29(20(23)3)24(30)18-44-31/h5-11,15,19-20,23-25,27,29-31,40H,12-14,16-18H2,1-4H3,(H,35,37)(H,36,41)(H,38,42)/t20-,23?,24?,25-,27+,29?,30+,31+/m0/s1. The van der Waals surface area contributed by atoms with Crippen LogP contribution >= 0.6 is 0 Å². The number of oxazole rings is 1. The van der Waals surface area contributed by atoms with Crippen LogP contribution in [0.15, 0.2) is 52.9 Å². The first-order valence-corrected chi connectivity index (χ1v) is 16.3. The molecule has 2 aliphatic heterocycles. The maximum atomic E-state index is 13.6. The van der Waals surface area contributed by atoms with Gasteiger partial charge in [-0.2, -0.15) is 4.98 Å². The van der Waals surface area contributed by atoms with Crippen LogP contribution in [0.1, 0.15) is 32.8 Å². The van der Waals surface area contributed by atoms with Gasteiger partial charge in [-0.05, 0) is 48.4 Å². The molecule has 248 valence electrons. The number of aliphatic hydroxyl groups is 1. The van der Waals surface area contributed by atoms with E-state index in [9.17, 15) is 14.7 Å². The van der Waals surface area contributed by atoms with Crippen molar-refractivity contribution in [2.75, 3.05) is 44.0 Å². The fourth-order valence-electron chi connectivity index (χ4n) is 7.09. The van der Waals surface area contributed by atoms with Crippen LogP contribution in [0.5, 0.6) is 0 Å². The van der Waals surface area contributed by atoms with Crippen LogP contribution in [0.4, 0.5) is 21.3 Å². The van der Waals surface area contributed by atoms with Gasteiger partial charge in [-0.25, -0.2) is 9.59 Å². The van der Waals surface area contributed by atoms with Gasteiger partial charge in [-0.3, -0.25) is 0 Å². The molecule has 3 aliphatic rings. The third-order valence-electron chi connectivity index (χ3n) is 9.67. The Hall–Kier alpha value is -3.87. The lowest BCUT2D eigenvalue weighted by Gasteiger charge is -2.33. The van der Waals surface area contributed by atoms with Crippen LogP contribution in [0.2, 0.25) is 0 Å². The number of carbonyl (C=O) groups is 2. The van der Waals surface area contributed by atoms with E-state index >= 15 is 0 Å². The van der Waals surface area contributed by atoms with E-state index in [0.29, 0.717) is 60.8 Å². The van der Waals surface area contributed by atoms with Crippen LogP contribution in [0, 0.1) is 29.6 Å². The number of benzene rings is 2. The molecule has 3 fully saturated rings. The lowest BCUT2D eigenvalue weighted by Crippen LogP contribution is -2.52. The number of anilines is 2. The number of alkyl carbamates (subject to hydrolysis) is 1. The van der Waals surface area contributed by atoms with Gasteiger partial charge in [0.05, 0.1) is 31.9 Å². The number of amides is 3. The first-order valence-electron chi connectivity index (χ1n) is 16.3. The number of hydrogen-bond acceptors (Lipinski definition) is 9. The predicted molar refractivity (Wildman–Crippen MR) is 172 cm³/mol. The predicted octanol–water partition coefficient (Wildman–Crippen LogP) is 4.70. The normalized spacial score (nSPS) is 26.1. The molecule has 12 nitrogen and oxygen atoms in total. The van der Waals surface area contributed by atoms with Crippen LogP contribution in [-0.4, -0.2) is 85.0 Å². The third kappa shape index (κ3) is 6.93. The summed E-state index contributed by atoms with van der Waals surface area (Å²) in [6.07, 6.45) is -1.12. The van der Waals surface area contributed by atoms with Crippen molar-refractivity contribution in [3.8, 4) is 0 Å². The summed E-state index contributed by atoms with van der Waals surface area (Å²) in [5.41, 5.74) is 2.70. The molecule has 3 heterocycles. The third-order valence-corrected chi connectivity index (χ3v) is 9.67. The minimum atomic E-state index is -1.08. The Morgan fingerprint density at radius 3 is 2.61 bits per heavy atom. The zero-order valence-corrected chi connectivity index (χ0v) is 26.8. The van der Waals surface area contributed by atoms with Gasteiger partial charge >= 0.3 is 12.1 Å². The summed E-state index contributed by atoms with van der Waals surface area (Å²) in [5, 5.41) is 20.4. The SMILES string of the molecule is CNc1nc2cc(NC(=O)N(CCC(C)C)C[C@@H](O)[C@H](Cc3ccccc3)NC(=O)O[C@H]3C4CO[C@H]5OCC3[C@H](C)C45)ccc2o1. The topological polar surface area (TPSA) is 147 Å². The summed E-state index contributed by atoms with van der Waals surface area (Å²) < 4.78 is 23.4. The second-order valence-electron chi connectivity index (χ2n) is 13.2. The molecule has 8 atom stereocenters. The highest BCUT2D eigenvalue weighted by Crippen LogP contribution is 2.52. The zero-order chi connectivity index (χ0) is 32.4. The van der Waals surface area contributed by atoms with Gasteiger partial charge < -0.3 is 44.6 Å². The number of aromatic nitrogens is 1. The molecule has 1 aliphatic carbocycles. The van der Waals surface area contributed by atoms with Gasteiger partial charge in [0.15, 0.2) is 11.9 Å². The second kappa shape index (κ2) is 13.9. The molecule has 0 radical (unpaired) electrons. The van der Waals surface area contributed by atoms with Crippen LogP contribution < -0.4 is 16.0 Å². The van der Waals surface area contributed by atoms with E-state index in [1.165, 1.54) is 0 Å². The van der Waals surface area contributed by atoms with Crippen molar-refractivity contribution < 1.29 is 33.3 Å². The van der Waals surface area contributed by atoms with Crippen molar-refractivity contribution in [1.82, 2.24) is 15.2 Å². The summed E-state index contributed by atoms with van der Waals surface area (Å²) in [7, 11) is 1.72. The fourth-order valence-corrected chi connectivity index (χ4v) is 7.09. The Morgan fingerprint density at radius 1 is 1.11 bits per heavy atom. The van der Waals surface area contributed by atoms with Crippen LogP contribution in [0.3, 0.4) is 0 Å². The Kier molecular flexibility index (Phi) is 9.67. The van der Waals surface area contributed by atoms with E-state index < -0.39 is 18.2 Å². The van der Waals surface area contributed by atoms with Crippen molar-refractivity contribution in [1.29, 1.82) is 0 Å². The first-order chi connectivity index (χ1) is 22.2. The molecule has 3 amide bonds. The van der Waals surface area contributed by atoms with Gasteiger partial charge in [0, 0.05) is 37.0 Å². The number of urea groups is 1. The molecular formula is C34H45N5O7. The van der Waals surface area contributed by atoms with Gasteiger partial charge in [0.25, 0.3) is 6.01 Å². The maximum absolute atomic E-state index is 13.6. The molecule has 1 saturated carbocycles. The molecule has 2 aromatic carbocycles. The van der Waals surface area contributed by atoms with Gasteiger partial charge in [-0.15, -0.1) is 0 Å². The highest BCUT2D eigenvalue weighted by atomic mass is 16.7. The number of fused-ring (bicyclic) bond motifs is 2.